The van der Waals surface area contributed by atoms with Crippen LogP contribution < -0.4 is 5.32 Å². The number of thiazole rings is 1. The van der Waals surface area contributed by atoms with Crippen LogP contribution in [-0.4, -0.2) is 10.9 Å². The van der Waals surface area contributed by atoms with E-state index in [1.165, 1.54) is 17.4 Å². The molecule has 0 bridgehead atoms. The molecule has 0 unspecified atom stereocenters. The van der Waals surface area contributed by atoms with Gasteiger partial charge >= 0.3 is 0 Å². The number of benzene rings is 2. The van der Waals surface area contributed by atoms with E-state index in [1.54, 1.807) is 18.2 Å². The van der Waals surface area contributed by atoms with E-state index in [1.807, 2.05) is 36.4 Å². The first-order valence-electron chi connectivity index (χ1n) is 8.05. The van der Waals surface area contributed by atoms with Gasteiger partial charge in [-0.15, -0.1) is 11.3 Å². The maximum atomic E-state index is 12.2. The first kappa shape index (κ1) is 18.8. The van der Waals surface area contributed by atoms with Crippen LogP contribution in [0.4, 0.5) is 5.13 Å². The van der Waals surface area contributed by atoms with E-state index >= 15 is 0 Å². The zero-order valence-corrected chi connectivity index (χ0v) is 17.2. The fraction of sp³-hybridized carbons (Fsp3) is 0.100. The molecule has 132 valence electrons. The minimum absolute atomic E-state index is 0.219. The van der Waals surface area contributed by atoms with Crippen LogP contribution in [0.3, 0.4) is 0 Å². The van der Waals surface area contributed by atoms with Crippen LogP contribution in [0.1, 0.15) is 17.4 Å². The number of rotatable bonds is 5. The van der Waals surface area contributed by atoms with Crippen molar-refractivity contribution in [1.29, 1.82) is 0 Å². The number of halogens is 2. The van der Waals surface area contributed by atoms with Crippen molar-refractivity contribution < 1.29 is 4.79 Å². The van der Waals surface area contributed by atoms with Crippen molar-refractivity contribution in [2.45, 2.75) is 13.3 Å². The summed E-state index contributed by atoms with van der Waals surface area (Å²) in [6.07, 6.45) is 4.07. The maximum absolute atomic E-state index is 12.2. The van der Waals surface area contributed by atoms with E-state index in [-0.39, 0.29) is 5.91 Å². The molecule has 26 heavy (non-hydrogen) atoms. The minimum Gasteiger partial charge on any atom is -0.298 e. The Labute approximate surface area is 169 Å². The molecule has 0 saturated carbocycles. The largest absolute Gasteiger partial charge is 0.298 e. The molecule has 0 spiro atoms. The van der Waals surface area contributed by atoms with E-state index in [2.05, 4.69) is 33.2 Å². The summed E-state index contributed by atoms with van der Waals surface area (Å²) in [4.78, 5) is 17.9. The lowest BCUT2D eigenvalue weighted by molar-refractivity contribution is -0.111. The van der Waals surface area contributed by atoms with Gasteiger partial charge < -0.3 is 0 Å². The average Bonchev–Trinajstić information content (AvgIpc) is 3.03. The van der Waals surface area contributed by atoms with Gasteiger partial charge in [0, 0.05) is 26.0 Å². The fourth-order valence-electron chi connectivity index (χ4n) is 2.41. The summed E-state index contributed by atoms with van der Waals surface area (Å²) in [5, 5.41) is 4.08. The normalized spacial score (nSPS) is 11.0. The standard InChI is InChI=1S/C20H16BrClN2OS/c1-2-17-19(14-7-9-15(21)10-8-14)24-20(26-17)23-18(25)11-6-13-4-3-5-16(22)12-13/h3-12H,2H2,1H3,(H,23,24,25)/b11-6+. The van der Waals surface area contributed by atoms with Crippen LogP contribution in [0.2, 0.25) is 5.02 Å². The Morgan fingerprint density at radius 2 is 2.04 bits per heavy atom. The molecular formula is C20H16BrClN2OS. The third-order valence-electron chi connectivity index (χ3n) is 3.64. The highest BCUT2D eigenvalue weighted by atomic mass is 79.9. The fourth-order valence-corrected chi connectivity index (χ4v) is 3.80. The van der Waals surface area contributed by atoms with Crippen LogP contribution in [-0.2, 0) is 11.2 Å². The van der Waals surface area contributed by atoms with Gasteiger partial charge in [-0.25, -0.2) is 4.98 Å². The van der Waals surface area contributed by atoms with Gasteiger partial charge in [0.05, 0.1) is 5.69 Å². The van der Waals surface area contributed by atoms with Gasteiger partial charge in [-0.2, -0.15) is 0 Å². The lowest BCUT2D eigenvalue weighted by atomic mass is 10.1. The summed E-state index contributed by atoms with van der Waals surface area (Å²) in [6, 6.07) is 15.3. The second-order valence-electron chi connectivity index (χ2n) is 5.53. The second-order valence-corrected chi connectivity index (χ2v) is 7.96. The van der Waals surface area contributed by atoms with Gasteiger partial charge in [0.2, 0.25) is 5.91 Å². The number of hydrogen-bond acceptors (Lipinski definition) is 3. The number of anilines is 1. The number of aromatic nitrogens is 1. The van der Waals surface area contributed by atoms with Gasteiger partial charge in [-0.3, -0.25) is 10.1 Å². The molecule has 1 aromatic heterocycles. The summed E-state index contributed by atoms with van der Waals surface area (Å²) >= 11 is 10.9. The molecular weight excluding hydrogens is 432 g/mol. The number of carbonyl (C=O) groups is 1. The van der Waals surface area contributed by atoms with Crippen molar-refractivity contribution >= 4 is 56.0 Å². The summed E-state index contributed by atoms with van der Waals surface area (Å²) in [5.41, 5.74) is 2.83. The summed E-state index contributed by atoms with van der Waals surface area (Å²) in [5.74, 6) is -0.219. The predicted octanol–water partition coefficient (Wildman–Crippen LogP) is 6.44. The highest BCUT2D eigenvalue weighted by molar-refractivity contribution is 9.10. The number of carbonyl (C=O) groups excluding carboxylic acids is 1. The van der Waals surface area contributed by atoms with E-state index in [9.17, 15) is 4.79 Å². The van der Waals surface area contributed by atoms with E-state index in [0.29, 0.717) is 10.2 Å². The Balaban J connectivity index is 1.75. The molecule has 6 heteroatoms. The van der Waals surface area contributed by atoms with Gasteiger partial charge in [-0.05, 0) is 42.3 Å². The Morgan fingerprint density at radius 3 is 2.73 bits per heavy atom. The van der Waals surface area contributed by atoms with Crippen molar-refractivity contribution in [2.75, 3.05) is 5.32 Å². The van der Waals surface area contributed by atoms with Crippen molar-refractivity contribution in [3.05, 3.63) is 74.5 Å². The molecule has 0 radical (unpaired) electrons. The molecule has 0 aliphatic heterocycles. The molecule has 3 aromatic rings. The maximum Gasteiger partial charge on any atom is 0.250 e. The molecule has 0 aliphatic rings. The third-order valence-corrected chi connectivity index (χ3v) is 5.52. The average molecular weight is 448 g/mol. The number of nitrogens with zero attached hydrogens (tertiary/aromatic N) is 1. The first-order chi connectivity index (χ1) is 12.5. The van der Waals surface area contributed by atoms with E-state index in [4.69, 9.17) is 11.6 Å². The van der Waals surface area contributed by atoms with Gasteiger partial charge in [0.15, 0.2) is 5.13 Å². The molecule has 0 aliphatic carbocycles. The van der Waals surface area contributed by atoms with Crippen molar-refractivity contribution in [3.8, 4) is 11.3 Å². The van der Waals surface area contributed by atoms with Crippen LogP contribution >= 0.6 is 38.9 Å². The monoisotopic (exact) mass is 446 g/mol. The van der Waals surface area contributed by atoms with Crippen LogP contribution in [0, 0.1) is 0 Å². The van der Waals surface area contributed by atoms with E-state index < -0.39 is 0 Å². The number of hydrogen-bond donors (Lipinski definition) is 1. The zero-order valence-electron chi connectivity index (χ0n) is 14.0. The number of amides is 1. The lowest BCUT2D eigenvalue weighted by Gasteiger charge is -2.00. The van der Waals surface area contributed by atoms with Gasteiger partial charge in [0.25, 0.3) is 0 Å². The molecule has 1 heterocycles. The van der Waals surface area contributed by atoms with Crippen molar-refractivity contribution in [1.82, 2.24) is 4.98 Å². The molecule has 0 fully saturated rings. The van der Waals surface area contributed by atoms with Crippen LogP contribution in [0.25, 0.3) is 17.3 Å². The summed E-state index contributed by atoms with van der Waals surface area (Å²) in [6.45, 7) is 2.08. The quantitative estimate of drug-likeness (QED) is 0.457. The molecule has 2 aromatic carbocycles. The highest BCUT2D eigenvalue weighted by Gasteiger charge is 2.13. The Morgan fingerprint density at radius 1 is 1.27 bits per heavy atom. The SMILES string of the molecule is CCc1sc(NC(=O)/C=C/c2cccc(Cl)c2)nc1-c1ccc(Br)cc1. The third kappa shape index (κ3) is 4.81. The zero-order chi connectivity index (χ0) is 18.5. The molecule has 1 N–H and O–H groups in total. The van der Waals surface area contributed by atoms with E-state index in [0.717, 1.165) is 32.6 Å². The molecule has 0 saturated heterocycles. The van der Waals surface area contributed by atoms with Crippen molar-refractivity contribution in [2.24, 2.45) is 0 Å². The second kappa shape index (κ2) is 8.62. The Bertz CT molecular complexity index is 951. The predicted molar refractivity (Wildman–Crippen MR) is 114 cm³/mol. The number of aryl methyl sites for hydroxylation is 1. The highest BCUT2D eigenvalue weighted by Crippen LogP contribution is 2.32. The van der Waals surface area contributed by atoms with Gasteiger partial charge in [0.1, 0.15) is 0 Å². The van der Waals surface area contributed by atoms with Crippen LogP contribution in [0.15, 0.2) is 59.1 Å². The van der Waals surface area contributed by atoms with Gasteiger partial charge in [-0.1, -0.05) is 58.7 Å². The summed E-state index contributed by atoms with van der Waals surface area (Å²) in [7, 11) is 0. The molecule has 3 nitrogen and oxygen atoms in total. The molecule has 3 rings (SSSR count). The number of nitrogens with one attached hydrogen (secondary N) is 1. The topological polar surface area (TPSA) is 42.0 Å². The minimum atomic E-state index is -0.219. The Hall–Kier alpha value is -1.95. The van der Waals surface area contributed by atoms with Crippen LogP contribution in [0.5, 0.6) is 0 Å². The molecule has 0 atom stereocenters. The van der Waals surface area contributed by atoms with Crippen molar-refractivity contribution in [3.63, 3.8) is 0 Å². The summed E-state index contributed by atoms with van der Waals surface area (Å²) < 4.78 is 1.02. The first-order valence-corrected chi connectivity index (χ1v) is 10.0. The lowest BCUT2D eigenvalue weighted by Crippen LogP contribution is -2.07. The Kier molecular flexibility index (Phi) is 6.25. The molecule has 1 amide bonds. The smallest absolute Gasteiger partial charge is 0.250 e.